The van der Waals surface area contributed by atoms with E-state index in [1.54, 1.807) is 6.33 Å². The maximum Gasteiger partial charge on any atom is 0.490 e. The smallest absolute Gasteiger partial charge is 0.475 e. The number of fused-ring (bicyclic) bond motifs is 1. The highest BCUT2D eigenvalue weighted by molar-refractivity contribution is 5.73. The van der Waals surface area contributed by atoms with Crippen molar-refractivity contribution in [1.82, 2.24) is 19.9 Å². The molecule has 2 N–H and O–H groups in total. The number of alkyl halides is 6. The molecular weight excluding hydrogens is 512 g/mol. The van der Waals surface area contributed by atoms with E-state index in [0.29, 0.717) is 0 Å². The van der Waals surface area contributed by atoms with Gasteiger partial charge in [-0.05, 0) is 37.0 Å². The zero-order chi connectivity index (χ0) is 27.6. The molecule has 1 fully saturated rings. The number of hydrogen-bond acceptors (Lipinski definition) is 7. The van der Waals surface area contributed by atoms with Gasteiger partial charge >= 0.3 is 24.3 Å². The van der Waals surface area contributed by atoms with Crippen molar-refractivity contribution in [3.05, 3.63) is 47.7 Å². The van der Waals surface area contributed by atoms with Gasteiger partial charge in [0.15, 0.2) is 0 Å². The number of pyridine rings is 1. The quantitative estimate of drug-likeness (QED) is 0.568. The molecule has 0 aromatic carbocycles. The average molecular weight is 537 g/mol. The third kappa shape index (κ3) is 9.82. The van der Waals surface area contributed by atoms with E-state index in [-0.39, 0.29) is 0 Å². The molecule has 0 spiro atoms. The fourth-order valence-electron chi connectivity index (χ4n) is 3.66. The van der Waals surface area contributed by atoms with Crippen LogP contribution in [0.2, 0.25) is 0 Å². The van der Waals surface area contributed by atoms with Crippen LogP contribution in [0.3, 0.4) is 0 Å². The molecule has 37 heavy (non-hydrogen) atoms. The van der Waals surface area contributed by atoms with Crippen molar-refractivity contribution in [2.45, 2.75) is 44.6 Å². The third-order valence-electron chi connectivity index (χ3n) is 5.40. The van der Waals surface area contributed by atoms with Crippen LogP contribution in [0.25, 0.3) is 0 Å². The molecule has 4 heterocycles. The lowest BCUT2D eigenvalue weighted by molar-refractivity contribution is -0.193. The molecule has 0 bridgehead atoms. The molecule has 2 aromatic heterocycles. The van der Waals surface area contributed by atoms with Gasteiger partial charge in [0, 0.05) is 57.1 Å². The maximum absolute atomic E-state index is 10.6. The summed E-state index contributed by atoms with van der Waals surface area (Å²) >= 11 is 0. The van der Waals surface area contributed by atoms with Crippen LogP contribution in [0.1, 0.15) is 29.7 Å². The molecule has 2 aliphatic heterocycles. The minimum atomic E-state index is -5.08. The minimum Gasteiger partial charge on any atom is -0.475 e. The molecule has 0 radical (unpaired) electrons. The number of carbonyl (C=O) groups is 2. The van der Waals surface area contributed by atoms with Gasteiger partial charge in [0.25, 0.3) is 0 Å². The second-order valence-corrected chi connectivity index (χ2v) is 8.05. The van der Waals surface area contributed by atoms with Gasteiger partial charge in [0.1, 0.15) is 12.1 Å². The maximum atomic E-state index is 10.6. The highest BCUT2D eigenvalue weighted by Crippen LogP contribution is 2.26. The second kappa shape index (κ2) is 13.2. The standard InChI is InChI=1S/C18H23N5.2C2HF3O2/c1-2-10-23(9-1)18-16-5-11-22(12-6-17(16)20-14-21-18)13-15-3-7-19-8-4-15;2*3-2(4,5)1(6)7/h3-4,7-8,14H,1-2,5-6,9-13H2;2*(H,6,7). The van der Waals surface area contributed by atoms with E-state index in [1.807, 2.05) is 12.4 Å². The molecule has 204 valence electrons. The first kappa shape index (κ1) is 29.7. The number of carboxylic acid groups (broad SMARTS) is 2. The summed E-state index contributed by atoms with van der Waals surface area (Å²) in [5, 5.41) is 14.2. The molecule has 0 aliphatic carbocycles. The van der Waals surface area contributed by atoms with Crippen molar-refractivity contribution >= 4 is 17.8 Å². The summed E-state index contributed by atoms with van der Waals surface area (Å²) in [5.74, 6) is -4.32. The number of carboxylic acids is 2. The molecule has 1 saturated heterocycles. The fraction of sp³-hybridized carbons (Fsp3) is 0.500. The number of nitrogens with zero attached hydrogens (tertiary/aromatic N) is 5. The molecule has 0 atom stereocenters. The van der Waals surface area contributed by atoms with Gasteiger partial charge in [-0.15, -0.1) is 0 Å². The predicted molar refractivity (Wildman–Crippen MR) is 118 cm³/mol. The lowest BCUT2D eigenvalue weighted by atomic mass is 10.1. The van der Waals surface area contributed by atoms with Crippen LogP contribution in [0, 0.1) is 0 Å². The Bertz CT molecular complexity index is 1010. The average Bonchev–Trinajstić information content (AvgIpc) is 3.28. The van der Waals surface area contributed by atoms with E-state index in [9.17, 15) is 26.3 Å². The number of rotatable bonds is 3. The first-order valence-corrected chi connectivity index (χ1v) is 11.1. The van der Waals surface area contributed by atoms with Crippen molar-refractivity contribution in [1.29, 1.82) is 0 Å². The van der Waals surface area contributed by atoms with Crippen LogP contribution in [0.4, 0.5) is 32.2 Å². The monoisotopic (exact) mass is 537 g/mol. The topological polar surface area (TPSA) is 120 Å². The summed E-state index contributed by atoms with van der Waals surface area (Å²) in [6.07, 6.45) is -0.0283. The summed E-state index contributed by atoms with van der Waals surface area (Å²) in [6.45, 7) is 5.41. The van der Waals surface area contributed by atoms with Gasteiger partial charge in [-0.1, -0.05) is 0 Å². The molecule has 0 amide bonds. The summed E-state index contributed by atoms with van der Waals surface area (Å²) in [5.41, 5.74) is 3.96. The van der Waals surface area contributed by atoms with Crippen LogP contribution in [0.5, 0.6) is 0 Å². The van der Waals surface area contributed by atoms with Gasteiger partial charge in [0.2, 0.25) is 0 Å². The van der Waals surface area contributed by atoms with Crippen molar-refractivity contribution in [2.24, 2.45) is 0 Å². The van der Waals surface area contributed by atoms with E-state index in [2.05, 4.69) is 36.9 Å². The zero-order valence-electron chi connectivity index (χ0n) is 19.5. The van der Waals surface area contributed by atoms with Crippen molar-refractivity contribution in [2.75, 3.05) is 31.1 Å². The van der Waals surface area contributed by atoms with Gasteiger partial charge in [-0.25, -0.2) is 19.6 Å². The SMILES string of the molecule is O=C(O)C(F)(F)F.O=C(O)C(F)(F)F.c1cc(CN2CCc3ncnc(N4CCCC4)c3CC2)ccn1. The fourth-order valence-corrected chi connectivity index (χ4v) is 3.66. The predicted octanol–water partition coefficient (Wildman–Crippen LogP) is 3.34. The number of anilines is 1. The van der Waals surface area contributed by atoms with E-state index in [4.69, 9.17) is 19.8 Å². The Morgan fingerprint density at radius 1 is 0.838 bits per heavy atom. The number of aromatic nitrogens is 3. The Kier molecular flexibility index (Phi) is 10.6. The normalized spacial score (nSPS) is 15.9. The van der Waals surface area contributed by atoms with Gasteiger partial charge < -0.3 is 15.1 Å². The Labute approximate surface area is 207 Å². The van der Waals surface area contributed by atoms with Crippen LogP contribution >= 0.6 is 0 Å². The molecule has 0 unspecified atom stereocenters. The first-order valence-electron chi connectivity index (χ1n) is 11.1. The summed E-state index contributed by atoms with van der Waals surface area (Å²) in [7, 11) is 0. The molecule has 0 saturated carbocycles. The molecular formula is C22H25F6N5O4. The van der Waals surface area contributed by atoms with E-state index in [0.717, 1.165) is 45.6 Å². The lowest BCUT2D eigenvalue weighted by Gasteiger charge is -2.21. The Hall–Kier alpha value is -3.49. The zero-order valence-corrected chi connectivity index (χ0v) is 19.5. The van der Waals surface area contributed by atoms with E-state index < -0.39 is 24.3 Å². The number of aliphatic carboxylic acids is 2. The minimum absolute atomic E-state index is 0.989. The van der Waals surface area contributed by atoms with E-state index >= 15 is 0 Å². The summed E-state index contributed by atoms with van der Waals surface area (Å²) in [4.78, 5) is 36.0. The molecule has 2 aromatic rings. The Balaban J connectivity index is 0.000000286. The van der Waals surface area contributed by atoms with Crippen LogP contribution in [-0.2, 0) is 29.0 Å². The van der Waals surface area contributed by atoms with Crippen LogP contribution in [-0.4, -0.2) is 80.5 Å². The summed E-state index contributed by atoms with van der Waals surface area (Å²) < 4.78 is 63.5. The van der Waals surface area contributed by atoms with Crippen molar-refractivity contribution < 1.29 is 46.1 Å². The van der Waals surface area contributed by atoms with Crippen molar-refractivity contribution in [3.8, 4) is 0 Å². The van der Waals surface area contributed by atoms with E-state index in [1.165, 1.54) is 35.5 Å². The largest absolute Gasteiger partial charge is 0.490 e. The first-order chi connectivity index (χ1) is 17.3. The molecule has 15 heteroatoms. The molecule has 9 nitrogen and oxygen atoms in total. The van der Waals surface area contributed by atoms with Gasteiger partial charge in [-0.3, -0.25) is 9.88 Å². The lowest BCUT2D eigenvalue weighted by Crippen LogP contribution is -2.26. The number of halogens is 6. The Morgan fingerprint density at radius 2 is 1.35 bits per heavy atom. The Morgan fingerprint density at radius 3 is 1.86 bits per heavy atom. The summed E-state index contributed by atoms with van der Waals surface area (Å²) in [6, 6.07) is 4.21. The van der Waals surface area contributed by atoms with Crippen molar-refractivity contribution in [3.63, 3.8) is 0 Å². The molecule has 4 rings (SSSR count). The molecule has 2 aliphatic rings. The van der Waals surface area contributed by atoms with Gasteiger partial charge in [-0.2, -0.15) is 26.3 Å². The number of hydrogen-bond donors (Lipinski definition) is 2. The highest BCUT2D eigenvalue weighted by atomic mass is 19.4. The van der Waals surface area contributed by atoms with Crippen LogP contribution < -0.4 is 4.90 Å². The highest BCUT2D eigenvalue weighted by Gasteiger charge is 2.38. The van der Waals surface area contributed by atoms with Crippen LogP contribution in [0.15, 0.2) is 30.9 Å². The van der Waals surface area contributed by atoms with Gasteiger partial charge in [0.05, 0.1) is 5.69 Å². The second-order valence-electron chi connectivity index (χ2n) is 8.05. The third-order valence-corrected chi connectivity index (χ3v) is 5.40.